The number of nitrogens with one attached hydrogen (secondary N) is 1. The molecule has 1 N–H and O–H groups in total. The SMILES string of the molecule is CCC(C)NC(=O)C(Cc1ccccc1)N(Cc1c(Cl)cccc1Cl)C(=O)CN(c1cccc(Cl)c1C)S(=O)(=O)c1ccc(C)cc1. The lowest BCUT2D eigenvalue weighted by atomic mass is 10.0. The molecule has 4 rings (SSSR count). The Hall–Kier alpha value is -3.56. The van der Waals surface area contributed by atoms with Gasteiger partial charge < -0.3 is 10.2 Å². The van der Waals surface area contributed by atoms with E-state index in [1.807, 2.05) is 51.1 Å². The van der Waals surface area contributed by atoms with E-state index >= 15 is 0 Å². The molecule has 11 heteroatoms. The van der Waals surface area contributed by atoms with Crippen molar-refractivity contribution < 1.29 is 18.0 Å². The maximum Gasteiger partial charge on any atom is 0.264 e. The molecule has 2 unspecified atom stereocenters. The molecule has 0 aliphatic carbocycles. The van der Waals surface area contributed by atoms with Crippen LogP contribution in [0.15, 0.2) is 95.9 Å². The Morgan fingerprint density at radius 3 is 2.02 bits per heavy atom. The lowest BCUT2D eigenvalue weighted by Crippen LogP contribution is -2.54. The molecule has 0 fully saturated rings. The molecule has 0 radical (unpaired) electrons. The molecule has 0 saturated heterocycles. The highest BCUT2D eigenvalue weighted by Gasteiger charge is 2.36. The fourth-order valence-corrected chi connectivity index (χ4v) is 7.22. The topological polar surface area (TPSA) is 86.8 Å². The maximum absolute atomic E-state index is 14.7. The minimum absolute atomic E-state index is 0.00585. The number of halogens is 3. The number of sulfonamides is 1. The molecule has 0 aliphatic rings. The van der Waals surface area contributed by atoms with Crippen molar-refractivity contribution in [1.82, 2.24) is 10.2 Å². The second-order valence-corrected chi connectivity index (χ2v) is 14.5. The molecule has 7 nitrogen and oxygen atoms in total. The molecule has 248 valence electrons. The lowest BCUT2D eigenvalue weighted by molar-refractivity contribution is -0.140. The van der Waals surface area contributed by atoms with E-state index in [-0.39, 0.29) is 35.5 Å². The molecule has 0 saturated carbocycles. The number of hydrogen-bond donors (Lipinski definition) is 1. The highest BCUT2D eigenvalue weighted by Crippen LogP contribution is 2.32. The second-order valence-electron chi connectivity index (χ2n) is 11.5. The number of rotatable bonds is 13. The van der Waals surface area contributed by atoms with Crippen LogP contribution in [-0.2, 0) is 32.6 Å². The van der Waals surface area contributed by atoms with Crippen molar-refractivity contribution in [3.8, 4) is 0 Å². The van der Waals surface area contributed by atoms with Gasteiger partial charge in [-0.2, -0.15) is 0 Å². The Morgan fingerprint density at radius 1 is 0.809 bits per heavy atom. The van der Waals surface area contributed by atoms with Gasteiger partial charge in [0.05, 0.1) is 10.6 Å². The summed E-state index contributed by atoms with van der Waals surface area (Å²) in [7, 11) is -4.28. The predicted octanol–water partition coefficient (Wildman–Crippen LogP) is 8.01. The van der Waals surface area contributed by atoms with E-state index in [2.05, 4.69) is 5.32 Å². The van der Waals surface area contributed by atoms with Gasteiger partial charge in [0.25, 0.3) is 10.0 Å². The zero-order valence-corrected chi connectivity index (χ0v) is 29.8. The minimum Gasteiger partial charge on any atom is -0.352 e. The van der Waals surface area contributed by atoms with Gasteiger partial charge in [0.1, 0.15) is 12.6 Å². The maximum atomic E-state index is 14.7. The largest absolute Gasteiger partial charge is 0.352 e. The summed E-state index contributed by atoms with van der Waals surface area (Å²) in [5.41, 5.74) is 2.85. The van der Waals surface area contributed by atoms with Crippen LogP contribution >= 0.6 is 34.8 Å². The zero-order chi connectivity index (χ0) is 34.3. The van der Waals surface area contributed by atoms with Crippen LogP contribution in [0.25, 0.3) is 0 Å². The number of aryl methyl sites for hydroxylation is 1. The zero-order valence-electron chi connectivity index (χ0n) is 26.7. The van der Waals surface area contributed by atoms with Gasteiger partial charge in [-0.15, -0.1) is 0 Å². The van der Waals surface area contributed by atoms with E-state index in [0.717, 1.165) is 15.4 Å². The summed E-state index contributed by atoms with van der Waals surface area (Å²) in [4.78, 5) is 30.1. The summed E-state index contributed by atoms with van der Waals surface area (Å²) in [6, 6.07) is 24.4. The van der Waals surface area contributed by atoms with E-state index in [1.54, 1.807) is 55.5 Å². The van der Waals surface area contributed by atoms with Gasteiger partial charge in [-0.3, -0.25) is 13.9 Å². The Bertz CT molecular complexity index is 1800. The van der Waals surface area contributed by atoms with Crippen LogP contribution in [0.1, 0.15) is 42.5 Å². The molecule has 2 atom stereocenters. The Balaban J connectivity index is 1.87. The number of hydrogen-bond acceptors (Lipinski definition) is 4. The minimum atomic E-state index is -4.28. The Labute approximate surface area is 292 Å². The molecular weight excluding hydrogens is 677 g/mol. The molecule has 0 aromatic heterocycles. The quantitative estimate of drug-likeness (QED) is 0.152. The molecule has 4 aromatic carbocycles. The van der Waals surface area contributed by atoms with E-state index in [1.165, 1.54) is 17.0 Å². The predicted molar refractivity (Wildman–Crippen MR) is 191 cm³/mol. The fraction of sp³-hybridized carbons (Fsp3) is 0.278. The number of anilines is 1. The third-order valence-electron chi connectivity index (χ3n) is 8.06. The lowest BCUT2D eigenvalue weighted by Gasteiger charge is -2.35. The van der Waals surface area contributed by atoms with Crippen LogP contribution in [-0.4, -0.2) is 43.8 Å². The third kappa shape index (κ3) is 8.87. The van der Waals surface area contributed by atoms with E-state index in [4.69, 9.17) is 34.8 Å². The summed E-state index contributed by atoms with van der Waals surface area (Å²) >= 11 is 19.6. The normalized spacial score (nSPS) is 12.7. The van der Waals surface area contributed by atoms with Gasteiger partial charge in [0.15, 0.2) is 0 Å². The van der Waals surface area contributed by atoms with Crippen molar-refractivity contribution in [2.75, 3.05) is 10.8 Å². The first-order chi connectivity index (χ1) is 22.3. The van der Waals surface area contributed by atoms with Crippen molar-refractivity contribution >= 4 is 62.3 Å². The van der Waals surface area contributed by atoms with E-state index < -0.39 is 28.5 Å². The molecule has 4 aromatic rings. The van der Waals surface area contributed by atoms with E-state index in [0.29, 0.717) is 32.6 Å². The summed E-state index contributed by atoms with van der Waals surface area (Å²) in [6.07, 6.45) is 0.836. The van der Waals surface area contributed by atoms with Gasteiger partial charge in [-0.1, -0.05) is 102 Å². The van der Waals surface area contributed by atoms with Gasteiger partial charge >= 0.3 is 0 Å². The molecule has 0 aliphatic heterocycles. The number of carbonyl (C=O) groups is 2. The first-order valence-electron chi connectivity index (χ1n) is 15.2. The Morgan fingerprint density at radius 2 is 1.40 bits per heavy atom. The first-order valence-corrected chi connectivity index (χ1v) is 17.8. The van der Waals surface area contributed by atoms with Crippen LogP contribution < -0.4 is 9.62 Å². The molecule has 0 spiro atoms. The highest BCUT2D eigenvalue weighted by molar-refractivity contribution is 7.92. The second kappa shape index (κ2) is 16.0. The van der Waals surface area contributed by atoms with Crippen molar-refractivity contribution in [2.24, 2.45) is 0 Å². The third-order valence-corrected chi connectivity index (χ3v) is 10.9. The summed E-state index contributed by atoms with van der Waals surface area (Å²) < 4.78 is 29.7. The molecular formula is C36H38Cl3N3O4S. The Kier molecular flexibility index (Phi) is 12.4. The number of nitrogens with zero attached hydrogens (tertiary/aromatic N) is 2. The number of amides is 2. The van der Waals surface area contributed by atoms with Gasteiger partial charge in [0.2, 0.25) is 11.8 Å². The number of benzene rings is 4. The standard InChI is InChI=1S/C36H38Cl3N3O4S/c1-5-25(3)40-36(44)34(21-27-11-7-6-8-12-27)41(22-29-31(38)14-9-15-32(29)39)35(43)23-42(33-16-10-13-30(37)26(33)4)47(45,46)28-19-17-24(2)18-20-28/h6-20,25,34H,5,21-23H2,1-4H3,(H,40,44). The highest BCUT2D eigenvalue weighted by atomic mass is 35.5. The number of carbonyl (C=O) groups excluding carboxylic acids is 2. The molecule has 47 heavy (non-hydrogen) atoms. The summed E-state index contributed by atoms with van der Waals surface area (Å²) in [5.74, 6) is -1.01. The smallest absolute Gasteiger partial charge is 0.264 e. The van der Waals surface area contributed by atoms with Gasteiger partial charge in [-0.25, -0.2) is 8.42 Å². The van der Waals surface area contributed by atoms with Gasteiger partial charge in [0, 0.05) is 39.6 Å². The van der Waals surface area contributed by atoms with E-state index in [9.17, 15) is 18.0 Å². The fourth-order valence-electron chi connectivity index (χ4n) is 5.07. The average Bonchev–Trinajstić information content (AvgIpc) is 3.04. The van der Waals surface area contributed by atoms with Crippen LogP contribution in [0.4, 0.5) is 5.69 Å². The summed E-state index contributed by atoms with van der Waals surface area (Å²) in [5, 5.41) is 3.98. The molecule has 0 heterocycles. The van der Waals surface area contributed by atoms with Crippen LogP contribution in [0.2, 0.25) is 15.1 Å². The van der Waals surface area contributed by atoms with Gasteiger partial charge in [-0.05, 0) is 74.7 Å². The molecule has 2 amide bonds. The van der Waals surface area contributed by atoms with Crippen molar-refractivity contribution in [3.63, 3.8) is 0 Å². The van der Waals surface area contributed by atoms with Crippen molar-refractivity contribution in [3.05, 3.63) is 128 Å². The first kappa shape index (κ1) is 36.3. The monoisotopic (exact) mass is 713 g/mol. The van der Waals surface area contributed by atoms with Crippen LogP contribution in [0.5, 0.6) is 0 Å². The summed E-state index contributed by atoms with van der Waals surface area (Å²) in [6.45, 7) is 6.61. The average molecular weight is 715 g/mol. The van der Waals surface area contributed by atoms with Crippen LogP contribution in [0.3, 0.4) is 0 Å². The molecule has 0 bridgehead atoms. The van der Waals surface area contributed by atoms with Crippen LogP contribution in [0, 0.1) is 13.8 Å². The van der Waals surface area contributed by atoms with Crippen molar-refractivity contribution in [2.45, 2.75) is 64.1 Å². The van der Waals surface area contributed by atoms with Crippen molar-refractivity contribution in [1.29, 1.82) is 0 Å².